The Bertz CT molecular complexity index is 792. The highest BCUT2D eigenvalue weighted by molar-refractivity contribution is 7.47. The van der Waals surface area contributed by atoms with E-state index in [9.17, 15) is 14.3 Å². The Labute approximate surface area is 317 Å². The van der Waals surface area contributed by atoms with Crippen LogP contribution in [0.25, 0.3) is 0 Å². The third-order valence-corrected chi connectivity index (χ3v) is 10.7. The number of carbonyl (C=O) groups excluding carboxylic acids is 1. The number of phosphoric ester groups is 1. The van der Waals surface area contributed by atoms with Crippen LogP contribution < -0.4 is 0 Å². The summed E-state index contributed by atoms with van der Waals surface area (Å²) in [5.74, 6) is -0.308. The number of rotatable bonds is 41. The van der Waals surface area contributed by atoms with E-state index < -0.39 is 13.9 Å². The lowest BCUT2D eigenvalue weighted by Gasteiger charge is -2.24. The van der Waals surface area contributed by atoms with Gasteiger partial charge in [0.05, 0.1) is 34.4 Å². The van der Waals surface area contributed by atoms with Crippen molar-refractivity contribution in [2.75, 3.05) is 54.1 Å². The molecule has 0 aliphatic carbocycles. The molecule has 0 aromatic carbocycles. The molecule has 0 radical (unpaired) electrons. The summed E-state index contributed by atoms with van der Waals surface area (Å²) in [7, 11) is 1.68. The molecule has 306 valence electrons. The number of unbranched alkanes of at least 4 members (excludes halogenated alkanes) is 27. The van der Waals surface area contributed by atoms with E-state index in [2.05, 4.69) is 13.8 Å². The number of esters is 1. The normalized spacial score (nSPS) is 13.8. The number of hydrogen-bond acceptors (Lipinski definition) is 6. The Morgan fingerprint density at radius 2 is 0.902 bits per heavy atom. The van der Waals surface area contributed by atoms with Crippen molar-refractivity contribution in [3.8, 4) is 0 Å². The summed E-state index contributed by atoms with van der Waals surface area (Å²) in [6, 6.07) is 0. The van der Waals surface area contributed by atoms with Crippen molar-refractivity contribution in [3.63, 3.8) is 0 Å². The van der Waals surface area contributed by atoms with E-state index >= 15 is 0 Å². The molecule has 9 heteroatoms. The Hall–Kier alpha value is -0.500. The summed E-state index contributed by atoms with van der Waals surface area (Å²) in [6.07, 6.45) is 36.9. The second-order valence-electron chi connectivity index (χ2n) is 16.1. The molecular weight excluding hydrogens is 661 g/mol. The standard InChI is InChI=1S/C42H86NO7P/c1-6-8-10-12-14-16-18-20-22-23-25-27-29-31-33-35-42(44)50-41(40-49-51(45,46)48-38-36-43(3,4)5)39-47-37-34-32-30-28-26-24-21-19-17-15-13-11-9-7-2/h41H,6-40H2,1-5H3/p+1/t41-/m1/s1. The van der Waals surface area contributed by atoms with Crippen molar-refractivity contribution < 1.29 is 37.3 Å². The van der Waals surface area contributed by atoms with Gasteiger partial charge in [0.25, 0.3) is 0 Å². The van der Waals surface area contributed by atoms with Crippen LogP contribution in [-0.4, -0.2) is 75.6 Å². The molecule has 0 saturated carbocycles. The summed E-state index contributed by atoms with van der Waals surface area (Å²) in [5.41, 5.74) is 0. The molecular formula is C42H87NO7P+. The molecule has 51 heavy (non-hydrogen) atoms. The smallest absolute Gasteiger partial charge is 0.457 e. The fraction of sp³-hybridized carbons (Fsp3) is 0.976. The molecule has 2 atom stereocenters. The third-order valence-electron chi connectivity index (χ3n) is 9.67. The lowest BCUT2D eigenvalue weighted by atomic mass is 10.0. The van der Waals surface area contributed by atoms with Crippen LogP contribution in [0.4, 0.5) is 0 Å². The third kappa shape index (κ3) is 40.5. The van der Waals surface area contributed by atoms with Gasteiger partial charge in [0.2, 0.25) is 0 Å². The van der Waals surface area contributed by atoms with Crippen LogP contribution >= 0.6 is 7.82 Å². The molecule has 1 N–H and O–H groups in total. The Kier molecular flexibility index (Phi) is 36.1. The number of phosphoric acid groups is 1. The zero-order valence-corrected chi connectivity index (χ0v) is 35.5. The second-order valence-corrected chi connectivity index (χ2v) is 17.5. The van der Waals surface area contributed by atoms with Crippen molar-refractivity contribution in [2.24, 2.45) is 0 Å². The predicted molar refractivity (Wildman–Crippen MR) is 215 cm³/mol. The average molecular weight is 749 g/mol. The molecule has 0 rings (SSSR count). The van der Waals surface area contributed by atoms with E-state index in [-0.39, 0.29) is 25.8 Å². The van der Waals surface area contributed by atoms with Gasteiger partial charge in [-0.2, -0.15) is 0 Å². The lowest BCUT2D eigenvalue weighted by Crippen LogP contribution is -2.37. The van der Waals surface area contributed by atoms with Crippen LogP contribution in [-0.2, 0) is 27.9 Å². The van der Waals surface area contributed by atoms with Gasteiger partial charge in [-0.1, -0.05) is 187 Å². The largest absolute Gasteiger partial charge is 0.472 e. The highest BCUT2D eigenvalue weighted by Crippen LogP contribution is 2.43. The van der Waals surface area contributed by atoms with E-state index in [0.717, 1.165) is 32.1 Å². The highest BCUT2D eigenvalue weighted by Gasteiger charge is 2.26. The van der Waals surface area contributed by atoms with Gasteiger partial charge >= 0.3 is 13.8 Å². The first-order chi connectivity index (χ1) is 24.6. The number of ether oxygens (including phenoxy) is 2. The van der Waals surface area contributed by atoms with Crippen LogP contribution in [0.5, 0.6) is 0 Å². The Morgan fingerprint density at radius 3 is 1.29 bits per heavy atom. The molecule has 0 aromatic heterocycles. The molecule has 0 aromatic rings. The van der Waals surface area contributed by atoms with Crippen molar-refractivity contribution in [1.29, 1.82) is 0 Å². The maximum Gasteiger partial charge on any atom is 0.472 e. The SMILES string of the molecule is CCCCCCCCCCCCCCCCCC(=O)O[C@H](COCCCCCCCCCCCCCCCC)COP(=O)(O)OCC[N+](C)(C)C. The van der Waals surface area contributed by atoms with Gasteiger partial charge in [0.1, 0.15) is 19.3 Å². The monoisotopic (exact) mass is 749 g/mol. The predicted octanol–water partition coefficient (Wildman–Crippen LogP) is 12.5. The maximum absolute atomic E-state index is 12.7. The molecule has 0 saturated heterocycles. The molecule has 1 unspecified atom stereocenters. The molecule has 0 spiro atoms. The zero-order valence-electron chi connectivity index (χ0n) is 34.6. The molecule has 0 bridgehead atoms. The van der Waals surface area contributed by atoms with E-state index in [1.165, 1.54) is 154 Å². The fourth-order valence-electron chi connectivity index (χ4n) is 6.26. The van der Waals surface area contributed by atoms with Crippen LogP contribution in [0.3, 0.4) is 0 Å². The fourth-order valence-corrected chi connectivity index (χ4v) is 7.00. The van der Waals surface area contributed by atoms with E-state index in [0.29, 0.717) is 24.1 Å². The van der Waals surface area contributed by atoms with E-state index in [1.54, 1.807) is 0 Å². The van der Waals surface area contributed by atoms with E-state index in [4.69, 9.17) is 18.5 Å². The van der Waals surface area contributed by atoms with Crippen molar-refractivity contribution in [2.45, 2.75) is 213 Å². The number of likely N-dealkylation sites (N-methyl/N-ethyl adjacent to an activating group) is 1. The molecule has 0 heterocycles. The zero-order chi connectivity index (χ0) is 37.7. The van der Waals surface area contributed by atoms with Gasteiger partial charge in [-0.05, 0) is 12.8 Å². The first-order valence-electron chi connectivity index (χ1n) is 21.8. The Morgan fingerprint density at radius 1 is 0.529 bits per heavy atom. The van der Waals surface area contributed by atoms with E-state index in [1.807, 2.05) is 21.1 Å². The summed E-state index contributed by atoms with van der Waals surface area (Å²) < 4.78 is 35.0. The van der Waals surface area contributed by atoms with Crippen molar-refractivity contribution in [3.05, 3.63) is 0 Å². The highest BCUT2D eigenvalue weighted by atomic mass is 31.2. The maximum atomic E-state index is 12.7. The first kappa shape index (κ1) is 50.5. The van der Waals surface area contributed by atoms with Crippen LogP contribution in [0.2, 0.25) is 0 Å². The number of hydrogen-bond donors (Lipinski definition) is 1. The molecule has 0 aliphatic heterocycles. The second kappa shape index (κ2) is 36.5. The molecule has 0 fully saturated rings. The minimum atomic E-state index is -4.26. The molecule has 8 nitrogen and oxygen atoms in total. The average Bonchev–Trinajstić information content (AvgIpc) is 3.08. The topological polar surface area (TPSA) is 91.3 Å². The number of carbonyl (C=O) groups is 1. The number of quaternary nitrogens is 1. The number of nitrogens with zero attached hydrogens (tertiary/aromatic N) is 1. The van der Waals surface area contributed by atoms with Gasteiger partial charge < -0.3 is 18.9 Å². The van der Waals surface area contributed by atoms with Crippen molar-refractivity contribution in [1.82, 2.24) is 0 Å². The lowest BCUT2D eigenvalue weighted by molar-refractivity contribution is -0.870. The van der Waals surface area contributed by atoms with Gasteiger partial charge in [0, 0.05) is 13.0 Å². The minimum absolute atomic E-state index is 0.0938. The van der Waals surface area contributed by atoms with Crippen LogP contribution in [0.1, 0.15) is 206 Å². The van der Waals surface area contributed by atoms with Crippen molar-refractivity contribution >= 4 is 13.8 Å². The van der Waals surface area contributed by atoms with Gasteiger partial charge in [0.15, 0.2) is 0 Å². The molecule has 0 aliphatic rings. The quantitative estimate of drug-likeness (QED) is 0.0288. The van der Waals surface area contributed by atoms with Crippen LogP contribution in [0, 0.1) is 0 Å². The Balaban J connectivity index is 4.20. The summed E-state index contributed by atoms with van der Waals surface area (Å²) in [6.45, 7) is 5.67. The van der Waals surface area contributed by atoms with Gasteiger partial charge in [-0.3, -0.25) is 13.8 Å². The summed E-state index contributed by atoms with van der Waals surface area (Å²) >= 11 is 0. The molecule has 0 amide bonds. The van der Waals surface area contributed by atoms with Gasteiger partial charge in [-0.15, -0.1) is 0 Å². The summed E-state index contributed by atoms with van der Waals surface area (Å²) in [5, 5.41) is 0. The summed E-state index contributed by atoms with van der Waals surface area (Å²) in [4.78, 5) is 22.8. The minimum Gasteiger partial charge on any atom is -0.457 e. The van der Waals surface area contributed by atoms with Crippen LogP contribution in [0.15, 0.2) is 0 Å². The first-order valence-corrected chi connectivity index (χ1v) is 23.3. The van der Waals surface area contributed by atoms with Gasteiger partial charge in [-0.25, -0.2) is 4.57 Å².